The van der Waals surface area contributed by atoms with Crippen LogP contribution in [0.25, 0.3) is 33.3 Å². The molecule has 5 nitrogen and oxygen atoms in total. The van der Waals surface area contributed by atoms with E-state index in [4.69, 9.17) is 0 Å². The Morgan fingerprint density at radius 1 is 0.882 bits per heavy atom. The van der Waals surface area contributed by atoms with Gasteiger partial charge in [-0.15, -0.1) is 0 Å². The van der Waals surface area contributed by atoms with Crippen LogP contribution in [0.2, 0.25) is 0 Å². The minimum absolute atomic E-state index is 0.0304. The molecular formula is C29H25N3O2. The number of rotatable bonds is 6. The molecule has 2 N–H and O–H groups in total. The molecule has 0 aliphatic rings. The van der Waals surface area contributed by atoms with Gasteiger partial charge in [0.25, 0.3) is 11.5 Å². The van der Waals surface area contributed by atoms with E-state index in [9.17, 15) is 9.59 Å². The number of hydrogen-bond donors (Lipinski definition) is 2. The molecule has 34 heavy (non-hydrogen) atoms. The van der Waals surface area contributed by atoms with Crippen LogP contribution >= 0.6 is 0 Å². The van der Waals surface area contributed by atoms with Crippen LogP contribution in [0.4, 0.5) is 0 Å². The number of benzene rings is 3. The van der Waals surface area contributed by atoms with Gasteiger partial charge in [0.15, 0.2) is 0 Å². The third-order valence-electron chi connectivity index (χ3n) is 6.12. The number of carbonyl (C=O) groups is 1. The van der Waals surface area contributed by atoms with E-state index in [0.717, 1.165) is 34.1 Å². The van der Waals surface area contributed by atoms with E-state index in [-0.39, 0.29) is 11.5 Å². The summed E-state index contributed by atoms with van der Waals surface area (Å²) < 4.78 is 0. The fraction of sp³-hybridized carbons (Fsp3) is 0.103. The summed E-state index contributed by atoms with van der Waals surface area (Å²) in [4.78, 5) is 33.8. The van der Waals surface area contributed by atoms with E-state index >= 15 is 0 Å². The van der Waals surface area contributed by atoms with Crippen LogP contribution in [-0.4, -0.2) is 34.4 Å². The zero-order valence-electron chi connectivity index (χ0n) is 18.9. The maximum atomic E-state index is 13.2. The van der Waals surface area contributed by atoms with Crippen molar-refractivity contribution in [2.45, 2.75) is 6.42 Å². The second-order valence-electron chi connectivity index (χ2n) is 8.38. The number of amides is 1. The lowest BCUT2D eigenvalue weighted by atomic mass is 9.98. The second kappa shape index (κ2) is 9.24. The molecule has 3 aromatic carbocycles. The van der Waals surface area contributed by atoms with Crippen LogP contribution in [0.1, 0.15) is 15.9 Å². The lowest BCUT2D eigenvalue weighted by Crippen LogP contribution is -2.28. The molecule has 0 radical (unpaired) electrons. The largest absolute Gasteiger partial charge is 0.354 e. The van der Waals surface area contributed by atoms with Gasteiger partial charge < -0.3 is 14.9 Å². The standard InChI is InChI=1S/C29H25N3O2/c1-32(18-16-20-9-4-2-5-10-20)29(34)22-14-15-25-24(19-22)26(21-11-6-3-7-12-21)27(31-25)23-13-8-17-30-28(23)33/h2-15,17,19,31H,16,18H2,1H3,(H,30,33). The molecule has 5 rings (SSSR count). The Bertz CT molecular complexity index is 1500. The predicted octanol–water partition coefficient (Wildman–Crippen LogP) is 5.50. The van der Waals surface area contributed by atoms with Crippen molar-refractivity contribution in [2.75, 3.05) is 13.6 Å². The normalized spacial score (nSPS) is 11.0. The number of H-pyrrole nitrogens is 2. The third kappa shape index (κ3) is 4.16. The van der Waals surface area contributed by atoms with Crippen molar-refractivity contribution >= 4 is 16.8 Å². The third-order valence-corrected chi connectivity index (χ3v) is 6.12. The van der Waals surface area contributed by atoms with Crippen molar-refractivity contribution in [3.8, 4) is 22.4 Å². The fourth-order valence-electron chi connectivity index (χ4n) is 4.31. The van der Waals surface area contributed by atoms with E-state index in [2.05, 4.69) is 22.1 Å². The molecule has 1 amide bonds. The summed E-state index contributed by atoms with van der Waals surface area (Å²) in [6.45, 7) is 0.629. The molecular weight excluding hydrogens is 422 g/mol. The molecule has 2 aromatic heterocycles. The smallest absolute Gasteiger partial charge is 0.257 e. The number of hydrogen-bond acceptors (Lipinski definition) is 2. The molecule has 0 spiro atoms. The molecule has 0 bridgehead atoms. The van der Waals surface area contributed by atoms with Gasteiger partial charge in [0.2, 0.25) is 0 Å². The Balaban J connectivity index is 1.55. The summed E-state index contributed by atoms with van der Waals surface area (Å²) in [5.41, 5.74) is 5.72. The fourth-order valence-corrected chi connectivity index (χ4v) is 4.31. The predicted molar refractivity (Wildman–Crippen MR) is 137 cm³/mol. The molecule has 0 saturated carbocycles. The Hall–Kier alpha value is -4.38. The van der Waals surface area contributed by atoms with E-state index in [1.54, 1.807) is 17.2 Å². The maximum Gasteiger partial charge on any atom is 0.257 e. The van der Waals surface area contributed by atoms with Crippen molar-refractivity contribution in [1.82, 2.24) is 14.9 Å². The number of carbonyl (C=O) groups excluding carboxylic acids is 1. The highest BCUT2D eigenvalue weighted by Gasteiger charge is 2.19. The van der Waals surface area contributed by atoms with Crippen molar-refractivity contribution in [3.05, 3.63) is 119 Å². The number of fused-ring (bicyclic) bond motifs is 1. The van der Waals surface area contributed by atoms with Crippen molar-refractivity contribution in [2.24, 2.45) is 0 Å². The van der Waals surface area contributed by atoms with E-state index in [1.165, 1.54) is 5.56 Å². The van der Waals surface area contributed by atoms with E-state index in [1.807, 2.05) is 79.8 Å². The molecule has 0 aliphatic heterocycles. The highest BCUT2D eigenvalue weighted by Crippen LogP contribution is 2.37. The first kappa shape index (κ1) is 21.5. The summed E-state index contributed by atoms with van der Waals surface area (Å²) in [5.74, 6) is -0.0304. The minimum atomic E-state index is -0.164. The summed E-state index contributed by atoms with van der Waals surface area (Å²) in [7, 11) is 1.83. The Morgan fingerprint density at radius 2 is 1.62 bits per heavy atom. The minimum Gasteiger partial charge on any atom is -0.354 e. The molecule has 0 fully saturated rings. The number of nitrogens with zero attached hydrogens (tertiary/aromatic N) is 1. The van der Waals surface area contributed by atoms with Crippen molar-refractivity contribution in [3.63, 3.8) is 0 Å². The average molecular weight is 448 g/mol. The summed E-state index contributed by atoms with van der Waals surface area (Å²) in [6.07, 6.45) is 2.42. The number of likely N-dealkylation sites (N-methyl/N-ethyl adjacent to an activating group) is 1. The van der Waals surface area contributed by atoms with Gasteiger partial charge in [-0.25, -0.2) is 0 Å². The Morgan fingerprint density at radius 3 is 2.35 bits per heavy atom. The monoisotopic (exact) mass is 447 g/mol. The molecule has 168 valence electrons. The molecule has 0 unspecified atom stereocenters. The van der Waals surface area contributed by atoms with Gasteiger partial charge in [0.05, 0.1) is 11.3 Å². The number of pyridine rings is 1. The maximum absolute atomic E-state index is 13.2. The van der Waals surface area contributed by atoms with Gasteiger partial charge in [-0.2, -0.15) is 0 Å². The number of aromatic nitrogens is 2. The van der Waals surface area contributed by atoms with Crippen LogP contribution in [0.15, 0.2) is 102 Å². The quantitative estimate of drug-likeness (QED) is 0.361. The van der Waals surface area contributed by atoms with Crippen LogP contribution in [0.5, 0.6) is 0 Å². The van der Waals surface area contributed by atoms with E-state index < -0.39 is 0 Å². The molecule has 0 atom stereocenters. The van der Waals surface area contributed by atoms with Gasteiger partial charge in [-0.1, -0.05) is 60.7 Å². The number of nitrogens with one attached hydrogen (secondary N) is 2. The average Bonchev–Trinajstić information content (AvgIpc) is 3.26. The lowest BCUT2D eigenvalue weighted by molar-refractivity contribution is 0.0797. The molecule has 5 aromatic rings. The first-order valence-corrected chi connectivity index (χ1v) is 11.3. The van der Waals surface area contributed by atoms with Gasteiger partial charge in [0.1, 0.15) is 0 Å². The SMILES string of the molecule is CN(CCc1ccccc1)C(=O)c1ccc2[nH]c(-c3ccc[nH]c3=O)c(-c3ccccc3)c2c1. The Kier molecular flexibility index (Phi) is 5.83. The zero-order chi connectivity index (χ0) is 23.5. The molecule has 5 heteroatoms. The summed E-state index contributed by atoms with van der Waals surface area (Å²) in [5, 5.41) is 0.909. The molecule has 2 heterocycles. The first-order chi connectivity index (χ1) is 16.6. The summed E-state index contributed by atoms with van der Waals surface area (Å²) >= 11 is 0. The zero-order valence-corrected chi connectivity index (χ0v) is 18.9. The second-order valence-corrected chi connectivity index (χ2v) is 8.38. The van der Waals surface area contributed by atoms with Gasteiger partial charge >= 0.3 is 0 Å². The van der Waals surface area contributed by atoms with Crippen molar-refractivity contribution < 1.29 is 4.79 Å². The Labute approximate surface area is 197 Å². The molecule has 0 saturated heterocycles. The highest BCUT2D eigenvalue weighted by molar-refractivity contribution is 6.07. The van der Waals surface area contributed by atoms with E-state index in [0.29, 0.717) is 17.7 Å². The topological polar surface area (TPSA) is 69.0 Å². The highest BCUT2D eigenvalue weighted by atomic mass is 16.2. The van der Waals surface area contributed by atoms with Gasteiger partial charge in [-0.05, 0) is 47.9 Å². The van der Waals surface area contributed by atoms with Crippen LogP contribution in [0, 0.1) is 0 Å². The van der Waals surface area contributed by atoms with Crippen molar-refractivity contribution in [1.29, 1.82) is 0 Å². The first-order valence-electron chi connectivity index (χ1n) is 11.3. The molecule has 0 aliphatic carbocycles. The lowest BCUT2D eigenvalue weighted by Gasteiger charge is -2.17. The van der Waals surface area contributed by atoms with Crippen LogP contribution < -0.4 is 5.56 Å². The van der Waals surface area contributed by atoms with Gasteiger partial charge in [-0.3, -0.25) is 9.59 Å². The number of aromatic amines is 2. The summed E-state index contributed by atoms with van der Waals surface area (Å²) in [6, 6.07) is 29.4. The van der Waals surface area contributed by atoms with Gasteiger partial charge in [0, 0.05) is 41.8 Å². The van der Waals surface area contributed by atoms with Crippen LogP contribution in [-0.2, 0) is 6.42 Å². The van der Waals surface area contributed by atoms with Crippen LogP contribution in [0.3, 0.4) is 0 Å².